The summed E-state index contributed by atoms with van der Waals surface area (Å²) in [6, 6.07) is 7.33. The fourth-order valence-corrected chi connectivity index (χ4v) is 4.44. The number of piperidine rings is 1. The van der Waals surface area contributed by atoms with Crippen LogP contribution in [0.3, 0.4) is 0 Å². The van der Waals surface area contributed by atoms with Crippen molar-refractivity contribution in [3.63, 3.8) is 0 Å². The molecule has 4 rings (SSSR count). The van der Waals surface area contributed by atoms with Crippen LogP contribution in [0.15, 0.2) is 29.1 Å². The van der Waals surface area contributed by atoms with Gasteiger partial charge in [-0.1, -0.05) is 13.8 Å². The molecule has 0 aliphatic carbocycles. The molecule has 3 heterocycles. The van der Waals surface area contributed by atoms with Crippen LogP contribution in [0.5, 0.6) is 5.75 Å². The Bertz CT molecular complexity index is 1120. The summed E-state index contributed by atoms with van der Waals surface area (Å²) in [5, 5.41) is 13.7. The highest BCUT2D eigenvalue weighted by molar-refractivity contribution is 5.80. The van der Waals surface area contributed by atoms with E-state index in [0.29, 0.717) is 17.3 Å². The van der Waals surface area contributed by atoms with Gasteiger partial charge in [0.05, 0.1) is 12.6 Å². The lowest BCUT2D eigenvalue weighted by Gasteiger charge is -2.37. The minimum absolute atomic E-state index is 0.107. The van der Waals surface area contributed by atoms with Crippen molar-refractivity contribution in [1.29, 1.82) is 0 Å². The molecule has 0 bridgehead atoms. The van der Waals surface area contributed by atoms with Crippen molar-refractivity contribution in [2.24, 2.45) is 5.92 Å². The summed E-state index contributed by atoms with van der Waals surface area (Å²) in [5.74, 6) is 2.03. The van der Waals surface area contributed by atoms with Crippen LogP contribution in [-0.2, 0) is 5.54 Å². The van der Waals surface area contributed by atoms with E-state index < -0.39 is 0 Å². The molecule has 8 nitrogen and oxygen atoms in total. The lowest BCUT2D eigenvalue weighted by atomic mass is 9.94. The highest BCUT2D eigenvalue weighted by atomic mass is 16.5. The number of aromatic nitrogens is 5. The van der Waals surface area contributed by atoms with Crippen LogP contribution in [0.1, 0.15) is 64.4 Å². The minimum atomic E-state index is -0.317. The number of tetrazole rings is 1. The number of pyridine rings is 1. The highest BCUT2D eigenvalue weighted by Crippen LogP contribution is 2.33. The van der Waals surface area contributed by atoms with Gasteiger partial charge in [0, 0.05) is 23.0 Å². The van der Waals surface area contributed by atoms with Gasteiger partial charge in [-0.2, -0.15) is 0 Å². The molecule has 1 N–H and O–H groups in total. The molecule has 1 aliphatic rings. The number of H-pyrrole nitrogens is 1. The van der Waals surface area contributed by atoms with Crippen molar-refractivity contribution in [2.45, 2.75) is 58.5 Å². The Hall–Kier alpha value is -2.74. The summed E-state index contributed by atoms with van der Waals surface area (Å²) in [6.07, 6.45) is 3.16. The van der Waals surface area contributed by atoms with Crippen LogP contribution >= 0.6 is 0 Å². The van der Waals surface area contributed by atoms with Gasteiger partial charge in [-0.25, -0.2) is 4.68 Å². The average Bonchev–Trinajstić information content (AvgIpc) is 3.24. The third-order valence-electron chi connectivity index (χ3n) is 6.61. The van der Waals surface area contributed by atoms with Crippen LogP contribution in [0.25, 0.3) is 10.9 Å². The van der Waals surface area contributed by atoms with Crippen LogP contribution in [0, 0.1) is 5.92 Å². The van der Waals surface area contributed by atoms with Gasteiger partial charge < -0.3 is 9.72 Å². The molecule has 31 heavy (non-hydrogen) atoms. The fourth-order valence-electron chi connectivity index (χ4n) is 4.44. The Labute approximate surface area is 182 Å². The second-order valence-electron chi connectivity index (χ2n) is 9.27. The Morgan fingerprint density at radius 1 is 1.32 bits per heavy atom. The van der Waals surface area contributed by atoms with Crippen molar-refractivity contribution < 1.29 is 4.74 Å². The first-order chi connectivity index (χ1) is 14.8. The SMILES string of the molecule is CCC(C)(C)n1nnnc1[C@@H](c1cc2cc(OC)ccc2[nH]c1=O)N1CCC[C@@H](C)C1. The van der Waals surface area contributed by atoms with Crippen molar-refractivity contribution in [3.8, 4) is 5.75 Å². The number of benzene rings is 1. The molecule has 1 fully saturated rings. The van der Waals surface area contributed by atoms with Gasteiger partial charge >= 0.3 is 0 Å². The maximum atomic E-state index is 13.3. The van der Waals surface area contributed by atoms with Gasteiger partial charge in [-0.05, 0) is 80.3 Å². The molecule has 1 aliphatic heterocycles. The third kappa shape index (κ3) is 4.08. The topological polar surface area (TPSA) is 88.9 Å². The maximum absolute atomic E-state index is 13.3. The predicted octanol–water partition coefficient (Wildman–Crippen LogP) is 3.49. The van der Waals surface area contributed by atoms with Crippen LogP contribution < -0.4 is 10.3 Å². The second-order valence-corrected chi connectivity index (χ2v) is 9.27. The van der Waals surface area contributed by atoms with E-state index in [2.05, 4.69) is 53.1 Å². The molecule has 0 spiro atoms. The van der Waals surface area contributed by atoms with E-state index in [1.165, 1.54) is 6.42 Å². The average molecular weight is 425 g/mol. The largest absolute Gasteiger partial charge is 0.497 e. The fraction of sp³-hybridized carbons (Fsp3) is 0.565. The quantitative estimate of drug-likeness (QED) is 0.652. The van der Waals surface area contributed by atoms with E-state index in [4.69, 9.17) is 4.74 Å². The van der Waals surface area contributed by atoms with E-state index >= 15 is 0 Å². The number of hydrogen-bond acceptors (Lipinski definition) is 6. The first-order valence-electron chi connectivity index (χ1n) is 11.1. The number of rotatable bonds is 6. The van der Waals surface area contributed by atoms with E-state index in [1.54, 1.807) is 7.11 Å². The standard InChI is InChI=1S/C23H32N6O2/c1-6-23(3,4)29-21(25-26-27-29)20(28-11-7-8-15(2)14-28)18-13-16-12-17(31-5)9-10-19(16)24-22(18)30/h9-10,12-13,15,20H,6-8,11,14H2,1-5H3,(H,24,30)/t15-,20-/m1/s1. The van der Waals surface area contributed by atoms with Gasteiger partial charge in [0.15, 0.2) is 5.82 Å². The summed E-state index contributed by atoms with van der Waals surface area (Å²) in [4.78, 5) is 18.7. The smallest absolute Gasteiger partial charge is 0.253 e. The van der Waals surface area contributed by atoms with Crippen molar-refractivity contribution in [1.82, 2.24) is 30.1 Å². The summed E-state index contributed by atoms with van der Waals surface area (Å²) in [7, 11) is 1.65. The molecule has 8 heteroatoms. The van der Waals surface area contributed by atoms with Crippen LogP contribution in [-0.4, -0.2) is 50.3 Å². The molecule has 1 aromatic carbocycles. The van der Waals surface area contributed by atoms with Gasteiger partial charge in [0.25, 0.3) is 5.56 Å². The van der Waals surface area contributed by atoms with Crippen molar-refractivity contribution in [2.75, 3.05) is 20.2 Å². The first kappa shape index (κ1) is 21.5. The van der Waals surface area contributed by atoms with Gasteiger partial charge in [-0.15, -0.1) is 5.10 Å². The molecule has 3 aromatic rings. The lowest BCUT2D eigenvalue weighted by molar-refractivity contribution is 0.135. The number of ether oxygens (including phenoxy) is 1. The number of aromatic amines is 1. The van der Waals surface area contributed by atoms with Gasteiger partial charge in [0.2, 0.25) is 0 Å². The van der Waals surface area contributed by atoms with E-state index in [0.717, 1.165) is 42.6 Å². The molecule has 0 radical (unpaired) electrons. The number of likely N-dealkylation sites (tertiary alicyclic amines) is 1. The molecular formula is C23H32N6O2. The van der Waals surface area contributed by atoms with Gasteiger partial charge in [-0.3, -0.25) is 9.69 Å². The Morgan fingerprint density at radius 2 is 2.13 bits per heavy atom. The molecule has 0 saturated carbocycles. The minimum Gasteiger partial charge on any atom is -0.497 e. The van der Waals surface area contributed by atoms with Crippen LogP contribution in [0.4, 0.5) is 0 Å². The number of nitrogens with zero attached hydrogens (tertiary/aromatic N) is 5. The molecule has 166 valence electrons. The lowest BCUT2D eigenvalue weighted by Crippen LogP contribution is -2.42. The first-order valence-corrected chi connectivity index (χ1v) is 11.1. The molecular weight excluding hydrogens is 392 g/mol. The van der Waals surface area contributed by atoms with Crippen molar-refractivity contribution in [3.05, 3.63) is 46.0 Å². The molecule has 0 unspecified atom stereocenters. The summed E-state index contributed by atoms with van der Waals surface area (Å²) in [6.45, 7) is 10.4. The van der Waals surface area contributed by atoms with Crippen molar-refractivity contribution >= 4 is 10.9 Å². The predicted molar refractivity (Wildman–Crippen MR) is 120 cm³/mol. The molecule has 2 atom stereocenters. The van der Waals surface area contributed by atoms with Gasteiger partial charge in [0.1, 0.15) is 11.8 Å². The zero-order valence-corrected chi connectivity index (χ0v) is 19.1. The number of fused-ring (bicyclic) bond motifs is 1. The van der Waals surface area contributed by atoms with E-state index in [1.807, 2.05) is 28.9 Å². The Kier molecular flexibility index (Phi) is 5.83. The molecule has 2 aromatic heterocycles. The zero-order chi connectivity index (χ0) is 22.2. The number of nitrogens with one attached hydrogen (secondary N) is 1. The molecule has 0 amide bonds. The second kappa shape index (κ2) is 8.42. The Morgan fingerprint density at radius 3 is 2.84 bits per heavy atom. The number of hydrogen-bond donors (Lipinski definition) is 1. The summed E-state index contributed by atoms with van der Waals surface area (Å²) >= 11 is 0. The monoisotopic (exact) mass is 424 g/mol. The van der Waals surface area contributed by atoms with E-state index in [-0.39, 0.29) is 17.1 Å². The van der Waals surface area contributed by atoms with E-state index in [9.17, 15) is 4.79 Å². The molecule has 1 saturated heterocycles. The summed E-state index contributed by atoms with van der Waals surface area (Å²) < 4.78 is 7.29. The Balaban J connectivity index is 1.91. The van der Waals surface area contributed by atoms with Crippen LogP contribution in [0.2, 0.25) is 0 Å². The normalized spacial score (nSPS) is 18.9. The summed E-state index contributed by atoms with van der Waals surface area (Å²) in [5.41, 5.74) is 1.09. The zero-order valence-electron chi connectivity index (χ0n) is 19.1. The number of methoxy groups -OCH3 is 1. The highest BCUT2D eigenvalue weighted by Gasteiger charge is 2.35. The maximum Gasteiger partial charge on any atom is 0.253 e. The third-order valence-corrected chi connectivity index (χ3v) is 6.61.